The summed E-state index contributed by atoms with van der Waals surface area (Å²) in [5.41, 5.74) is 2.95. The van der Waals surface area contributed by atoms with Crippen molar-refractivity contribution in [3.63, 3.8) is 0 Å². The molecule has 2 aliphatic heterocycles. The van der Waals surface area contributed by atoms with Crippen LogP contribution in [0.3, 0.4) is 0 Å². The minimum Gasteiger partial charge on any atom is -0.322 e. The van der Waals surface area contributed by atoms with Gasteiger partial charge in [-0.05, 0) is 36.6 Å². The average Bonchev–Trinajstić information content (AvgIpc) is 3.56. The van der Waals surface area contributed by atoms with E-state index < -0.39 is 6.04 Å². The second-order valence-corrected chi connectivity index (χ2v) is 10.1. The highest BCUT2D eigenvalue weighted by Crippen LogP contribution is 2.34. The minimum atomic E-state index is -0.649. The Morgan fingerprint density at radius 2 is 1.80 bits per heavy atom. The zero-order valence-electron chi connectivity index (χ0n) is 18.4. The van der Waals surface area contributed by atoms with Gasteiger partial charge in [0, 0.05) is 21.8 Å². The molecule has 2 amide bonds. The number of hydrogen-bond donors (Lipinski definition) is 2. The Balaban J connectivity index is 1.57. The van der Waals surface area contributed by atoms with E-state index in [1.54, 1.807) is 23.6 Å². The Labute approximate surface area is 207 Å². The van der Waals surface area contributed by atoms with Crippen LogP contribution in [0.5, 0.6) is 0 Å². The molecule has 35 heavy (non-hydrogen) atoms. The third-order valence-electron chi connectivity index (χ3n) is 5.98. The monoisotopic (exact) mass is 498 g/mol. The number of para-hydroxylation sites is 2. The summed E-state index contributed by atoms with van der Waals surface area (Å²) in [7, 11) is 0. The summed E-state index contributed by atoms with van der Waals surface area (Å²) in [6.07, 6.45) is 0. The molecule has 172 valence electrons. The third-order valence-corrected chi connectivity index (χ3v) is 7.96. The van der Waals surface area contributed by atoms with Gasteiger partial charge in [-0.15, -0.1) is 11.3 Å². The van der Waals surface area contributed by atoms with E-state index in [2.05, 4.69) is 15.6 Å². The maximum absolute atomic E-state index is 13.9. The molecule has 7 nitrogen and oxygen atoms in total. The van der Waals surface area contributed by atoms with E-state index in [0.29, 0.717) is 43.1 Å². The number of benzene rings is 2. The van der Waals surface area contributed by atoms with Gasteiger partial charge in [-0.2, -0.15) is 0 Å². The van der Waals surface area contributed by atoms with Crippen molar-refractivity contribution in [2.24, 2.45) is 4.99 Å². The van der Waals surface area contributed by atoms with E-state index in [1.807, 2.05) is 60.0 Å². The smallest absolute Gasteiger partial charge is 0.272 e. The van der Waals surface area contributed by atoms with E-state index in [1.165, 1.54) is 22.7 Å². The molecule has 0 radical (unpaired) electrons. The molecule has 1 atom stereocenters. The molecule has 2 N–H and O–H groups in total. The van der Waals surface area contributed by atoms with Crippen LogP contribution in [0.1, 0.15) is 23.4 Å². The molecule has 2 aromatic heterocycles. The van der Waals surface area contributed by atoms with Gasteiger partial charge in [0.1, 0.15) is 10.6 Å². The molecule has 9 heteroatoms. The molecule has 6 rings (SSSR count). The molecule has 2 aromatic carbocycles. The van der Waals surface area contributed by atoms with Crippen LogP contribution in [0, 0.1) is 0 Å². The van der Waals surface area contributed by atoms with Crippen LogP contribution in [-0.2, 0) is 9.59 Å². The summed E-state index contributed by atoms with van der Waals surface area (Å²) in [5.74, 6) is -0.639. The second-order valence-electron chi connectivity index (χ2n) is 8.11. The van der Waals surface area contributed by atoms with Gasteiger partial charge in [0.15, 0.2) is 4.80 Å². The Bertz CT molecular complexity index is 1710. The lowest BCUT2D eigenvalue weighted by atomic mass is 10.0. The Morgan fingerprint density at radius 1 is 1.03 bits per heavy atom. The molecule has 4 aromatic rings. The Hall–Kier alpha value is -4.08. The Morgan fingerprint density at radius 3 is 2.57 bits per heavy atom. The lowest BCUT2D eigenvalue weighted by molar-refractivity contribution is -0.113. The van der Waals surface area contributed by atoms with Crippen molar-refractivity contribution in [3.8, 4) is 0 Å². The maximum atomic E-state index is 13.9. The SMILES string of the molecule is CC1=C(C(=O)Nc2ccccc2)[C@H](c2cccs2)n2c(s/c(=C3\C(=O)Nc4ccccc43)c2=O)=N1. The van der Waals surface area contributed by atoms with Crippen molar-refractivity contribution in [2.45, 2.75) is 13.0 Å². The molecule has 0 fully saturated rings. The fraction of sp³-hybridized carbons (Fsp3) is 0.0769. The number of hydrogen-bond acceptors (Lipinski definition) is 6. The summed E-state index contributed by atoms with van der Waals surface area (Å²) in [4.78, 5) is 46.1. The molecular weight excluding hydrogens is 480 g/mol. The summed E-state index contributed by atoms with van der Waals surface area (Å²) in [6.45, 7) is 1.78. The highest BCUT2D eigenvalue weighted by Gasteiger charge is 2.34. The van der Waals surface area contributed by atoms with E-state index >= 15 is 0 Å². The predicted molar refractivity (Wildman–Crippen MR) is 137 cm³/mol. The average molecular weight is 499 g/mol. The van der Waals surface area contributed by atoms with Crippen LogP contribution in [-0.4, -0.2) is 16.4 Å². The summed E-state index contributed by atoms with van der Waals surface area (Å²) < 4.78 is 1.85. The molecular formula is C26H18N4O3S2. The number of fused-ring (bicyclic) bond motifs is 2. The fourth-order valence-electron chi connectivity index (χ4n) is 4.44. The van der Waals surface area contributed by atoms with Gasteiger partial charge in [-0.3, -0.25) is 19.0 Å². The molecule has 0 unspecified atom stereocenters. The highest BCUT2D eigenvalue weighted by molar-refractivity contribution is 7.10. The van der Waals surface area contributed by atoms with E-state index in [9.17, 15) is 14.4 Å². The number of nitrogens with zero attached hydrogens (tertiary/aromatic N) is 2. The summed E-state index contributed by atoms with van der Waals surface area (Å²) in [5, 5.41) is 7.68. The van der Waals surface area contributed by atoms with Crippen LogP contribution >= 0.6 is 22.7 Å². The number of anilines is 2. The standard InChI is InChI=1S/C26H18N4O3S2/c1-14-19(23(31)28-15-8-3-2-4-9-15)21(18-12-7-13-34-18)30-25(33)22(35-26(30)27-14)20-16-10-5-6-11-17(16)29-24(20)32/h2-13,21H,1H3,(H,28,31)(H,29,32)/b22-20-/t21-/m0/s1. The van der Waals surface area contributed by atoms with E-state index in [4.69, 9.17) is 0 Å². The molecule has 2 aliphatic rings. The predicted octanol–water partition coefficient (Wildman–Crippen LogP) is 3.26. The maximum Gasteiger partial charge on any atom is 0.272 e. The first kappa shape index (κ1) is 21.5. The van der Waals surface area contributed by atoms with Gasteiger partial charge >= 0.3 is 0 Å². The molecule has 0 saturated heterocycles. The zero-order valence-corrected chi connectivity index (χ0v) is 20.1. The molecule has 0 bridgehead atoms. The molecule has 0 spiro atoms. The van der Waals surface area contributed by atoms with Crippen molar-refractivity contribution in [1.82, 2.24) is 4.57 Å². The van der Waals surface area contributed by atoms with Crippen molar-refractivity contribution >= 4 is 51.4 Å². The van der Waals surface area contributed by atoms with Crippen molar-refractivity contribution in [3.05, 3.63) is 114 Å². The molecule has 4 heterocycles. The summed E-state index contributed by atoms with van der Waals surface area (Å²) in [6, 6.07) is 19.6. The second kappa shape index (κ2) is 8.30. The quantitative estimate of drug-likeness (QED) is 0.454. The van der Waals surface area contributed by atoms with Gasteiger partial charge in [-0.25, -0.2) is 4.99 Å². The normalized spacial score (nSPS) is 18.0. The van der Waals surface area contributed by atoms with Crippen molar-refractivity contribution in [1.29, 1.82) is 0 Å². The number of allylic oxidation sites excluding steroid dienone is 1. The Kier molecular flexibility index (Phi) is 5.09. The first-order valence-electron chi connectivity index (χ1n) is 10.9. The number of rotatable bonds is 3. The van der Waals surface area contributed by atoms with Gasteiger partial charge in [0.05, 0.1) is 16.8 Å². The third kappa shape index (κ3) is 3.48. The van der Waals surface area contributed by atoms with Gasteiger partial charge < -0.3 is 10.6 Å². The minimum absolute atomic E-state index is 0.310. The van der Waals surface area contributed by atoms with E-state index in [0.717, 1.165) is 4.88 Å². The van der Waals surface area contributed by atoms with Gasteiger partial charge in [0.25, 0.3) is 17.4 Å². The van der Waals surface area contributed by atoms with Crippen molar-refractivity contribution < 1.29 is 9.59 Å². The highest BCUT2D eigenvalue weighted by atomic mass is 32.1. The number of carbonyl (C=O) groups is 2. The number of carbonyl (C=O) groups excluding carboxylic acids is 2. The van der Waals surface area contributed by atoms with E-state index in [-0.39, 0.29) is 17.4 Å². The van der Waals surface area contributed by atoms with Crippen LogP contribution < -0.4 is 25.5 Å². The number of aromatic nitrogens is 1. The first-order chi connectivity index (χ1) is 17.0. The zero-order chi connectivity index (χ0) is 24.1. The number of thiophene rings is 1. The number of nitrogens with one attached hydrogen (secondary N) is 2. The van der Waals surface area contributed by atoms with Gasteiger partial charge in [0.2, 0.25) is 0 Å². The van der Waals surface area contributed by atoms with Crippen molar-refractivity contribution in [2.75, 3.05) is 10.6 Å². The van der Waals surface area contributed by atoms with Crippen LogP contribution in [0.15, 0.2) is 93.2 Å². The number of thiazole rings is 1. The fourth-order valence-corrected chi connectivity index (χ4v) is 6.41. The topological polar surface area (TPSA) is 92.6 Å². The molecule has 0 saturated carbocycles. The largest absolute Gasteiger partial charge is 0.322 e. The van der Waals surface area contributed by atoms with Crippen LogP contribution in [0.2, 0.25) is 0 Å². The van der Waals surface area contributed by atoms with Gasteiger partial charge in [-0.1, -0.05) is 53.8 Å². The lowest BCUT2D eigenvalue weighted by Gasteiger charge is -2.24. The lowest BCUT2D eigenvalue weighted by Crippen LogP contribution is -2.41. The summed E-state index contributed by atoms with van der Waals surface area (Å²) >= 11 is 2.64. The molecule has 0 aliphatic carbocycles. The first-order valence-corrected chi connectivity index (χ1v) is 12.6. The number of amides is 2. The van der Waals surface area contributed by atoms with Crippen LogP contribution in [0.25, 0.3) is 5.57 Å². The van der Waals surface area contributed by atoms with Crippen LogP contribution in [0.4, 0.5) is 11.4 Å².